The molecular formula is C100H184N4O12. The molecule has 2 unspecified atom stereocenters. The molecule has 0 aromatic carbocycles. The minimum absolute atomic E-state index is 0.131. The summed E-state index contributed by atoms with van der Waals surface area (Å²) < 4.78 is 34.3. The van der Waals surface area contributed by atoms with E-state index in [-0.39, 0.29) is 99.6 Å². The van der Waals surface area contributed by atoms with Crippen molar-refractivity contribution >= 4 is 35.8 Å². The molecule has 1 fully saturated rings. The van der Waals surface area contributed by atoms with Gasteiger partial charge in [0.25, 0.3) is 0 Å². The summed E-state index contributed by atoms with van der Waals surface area (Å²) in [5, 5.41) is 0. The van der Waals surface area contributed by atoms with Gasteiger partial charge in [0.2, 0.25) is 0 Å². The number of ether oxygens (including phenoxy) is 6. The monoisotopic (exact) mass is 1630 g/mol. The van der Waals surface area contributed by atoms with Gasteiger partial charge in [-0.15, -0.1) is 0 Å². The molecule has 1 aliphatic heterocycles. The van der Waals surface area contributed by atoms with E-state index >= 15 is 0 Å². The van der Waals surface area contributed by atoms with Crippen LogP contribution in [0.15, 0.2) is 48.6 Å². The number of nitrogens with zero attached hydrogens (tertiary/aromatic N) is 4. The second-order valence-electron chi connectivity index (χ2n) is 33.9. The summed E-state index contributed by atoms with van der Waals surface area (Å²) in [7, 11) is 0. The third-order valence-electron chi connectivity index (χ3n) is 23.0. The van der Waals surface area contributed by atoms with Gasteiger partial charge in [0.05, 0.1) is 65.0 Å². The predicted octanol–water partition coefficient (Wildman–Crippen LogP) is 25.7. The SMILES string of the molecule is CCCCCCCC/C=C\CCCCCCCCOC(=O)CCN(CCC(=O)OCCCCCCCC/C=C\CCCCCCCC)CCC(=O)OCCN1CC(C)N(CCOC(=O)CCN(CCC(=O)OCCCCCCCC/C=C\CCCCCCCC)CCC(=O)OCCCCCCCC/C=C\CCCCCCCC)CC1C. The van der Waals surface area contributed by atoms with Crippen LogP contribution in [0.1, 0.15) is 440 Å². The molecule has 0 aromatic heterocycles. The zero-order valence-electron chi connectivity index (χ0n) is 76.6. The molecule has 2 atom stereocenters. The lowest BCUT2D eigenvalue weighted by atomic mass is 10.1. The van der Waals surface area contributed by atoms with Crippen molar-refractivity contribution < 1.29 is 57.2 Å². The number of carbonyl (C=O) groups is 6. The van der Waals surface area contributed by atoms with E-state index in [1.165, 1.54) is 257 Å². The number of carbonyl (C=O) groups excluding carboxylic acids is 6. The lowest BCUT2D eigenvalue weighted by Crippen LogP contribution is -2.57. The Labute approximate surface area is 714 Å². The minimum atomic E-state index is -0.321. The van der Waals surface area contributed by atoms with Crippen molar-refractivity contribution in [3.05, 3.63) is 48.6 Å². The lowest BCUT2D eigenvalue weighted by Gasteiger charge is -2.44. The van der Waals surface area contributed by atoms with E-state index in [1.807, 2.05) is 9.80 Å². The molecule has 0 bridgehead atoms. The van der Waals surface area contributed by atoms with Crippen molar-refractivity contribution in [2.45, 2.75) is 452 Å². The minimum Gasteiger partial charge on any atom is -0.466 e. The van der Waals surface area contributed by atoms with Gasteiger partial charge >= 0.3 is 35.8 Å². The molecule has 16 nitrogen and oxygen atoms in total. The Bertz CT molecular complexity index is 2070. The van der Waals surface area contributed by atoms with Gasteiger partial charge in [0.1, 0.15) is 13.2 Å². The first-order valence-electron chi connectivity index (χ1n) is 49.4. The number of hydrogen-bond acceptors (Lipinski definition) is 16. The van der Waals surface area contributed by atoms with Gasteiger partial charge in [-0.25, -0.2) is 0 Å². The van der Waals surface area contributed by atoms with E-state index in [0.717, 1.165) is 116 Å². The van der Waals surface area contributed by atoms with Gasteiger partial charge < -0.3 is 38.2 Å². The van der Waals surface area contributed by atoms with Gasteiger partial charge in [-0.1, -0.05) is 307 Å². The fraction of sp³-hybridized carbons (Fsp3) is 0.860. The summed E-state index contributed by atoms with van der Waals surface area (Å²) in [5.41, 5.74) is 0. The number of allylic oxidation sites excluding steroid dienone is 8. The van der Waals surface area contributed by atoms with Gasteiger partial charge in [0, 0.05) is 77.5 Å². The molecule has 116 heavy (non-hydrogen) atoms. The van der Waals surface area contributed by atoms with E-state index < -0.39 is 0 Å². The maximum atomic E-state index is 13.3. The van der Waals surface area contributed by atoms with Crippen LogP contribution >= 0.6 is 0 Å². The van der Waals surface area contributed by atoms with Crippen LogP contribution in [-0.4, -0.2) is 173 Å². The molecule has 16 heteroatoms. The first-order chi connectivity index (χ1) is 56.9. The topological polar surface area (TPSA) is 171 Å². The number of esters is 6. The molecule has 0 aliphatic carbocycles. The van der Waals surface area contributed by atoms with E-state index in [9.17, 15) is 28.8 Å². The molecule has 0 amide bonds. The quantitative estimate of drug-likeness (QED) is 0.0244. The highest BCUT2D eigenvalue weighted by Gasteiger charge is 2.29. The van der Waals surface area contributed by atoms with Crippen molar-refractivity contribution in [2.24, 2.45) is 0 Å². The first-order valence-corrected chi connectivity index (χ1v) is 49.4. The maximum Gasteiger partial charge on any atom is 0.307 e. The van der Waals surface area contributed by atoms with E-state index in [0.29, 0.717) is 78.8 Å². The molecule has 1 heterocycles. The highest BCUT2D eigenvalue weighted by Crippen LogP contribution is 2.19. The molecule has 0 saturated carbocycles. The largest absolute Gasteiger partial charge is 0.466 e. The normalized spacial score (nSPS) is 14.2. The fourth-order valence-corrected chi connectivity index (χ4v) is 15.2. The van der Waals surface area contributed by atoms with E-state index in [4.69, 9.17) is 28.4 Å². The van der Waals surface area contributed by atoms with Gasteiger partial charge in [-0.2, -0.15) is 0 Å². The second kappa shape index (κ2) is 87.0. The Balaban J connectivity index is 2.65. The van der Waals surface area contributed by atoms with Crippen molar-refractivity contribution in [3.63, 3.8) is 0 Å². The van der Waals surface area contributed by atoms with Crippen molar-refractivity contribution in [2.75, 3.05) is 105 Å². The Hall–Kier alpha value is -4.38. The van der Waals surface area contributed by atoms with Crippen LogP contribution in [0, 0.1) is 0 Å². The van der Waals surface area contributed by atoms with Gasteiger partial charge in [-0.05, 0) is 142 Å². The van der Waals surface area contributed by atoms with Gasteiger partial charge in [0.15, 0.2) is 0 Å². The number of hydrogen-bond donors (Lipinski definition) is 0. The summed E-state index contributed by atoms with van der Waals surface area (Å²) in [6.45, 7) is 20.4. The van der Waals surface area contributed by atoms with Crippen molar-refractivity contribution in [3.8, 4) is 0 Å². The molecular weight excluding hydrogens is 1450 g/mol. The van der Waals surface area contributed by atoms with Gasteiger partial charge in [-0.3, -0.25) is 38.6 Å². The van der Waals surface area contributed by atoms with Crippen molar-refractivity contribution in [1.29, 1.82) is 0 Å². The van der Waals surface area contributed by atoms with Crippen LogP contribution in [0.4, 0.5) is 0 Å². The molecule has 1 saturated heterocycles. The second-order valence-corrected chi connectivity index (χ2v) is 33.9. The van der Waals surface area contributed by atoms with Crippen LogP contribution in [0.2, 0.25) is 0 Å². The third-order valence-corrected chi connectivity index (χ3v) is 23.0. The Morgan fingerprint density at radius 2 is 0.388 bits per heavy atom. The van der Waals surface area contributed by atoms with E-state index in [2.05, 4.69) is 100.0 Å². The lowest BCUT2D eigenvalue weighted by molar-refractivity contribution is -0.147. The van der Waals surface area contributed by atoms with Crippen LogP contribution in [0.5, 0.6) is 0 Å². The molecule has 676 valence electrons. The maximum absolute atomic E-state index is 13.3. The zero-order chi connectivity index (χ0) is 84.0. The number of piperazine rings is 1. The Morgan fingerprint density at radius 3 is 0.569 bits per heavy atom. The zero-order valence-corrected chi connectivity index (χ0v) is 76.6. The van der Waals surface area contributed by atoms with Crippen LogP contribution in [0.3, 0.4) is 0 Å². The average Bonchev–Trinajstić information content (AvgIpc) is 0.845. The summed E-state index contributed by atoms with van der Waals surface area (Å²) in [6.07, 6.45) is 88.2. The molecule has 0 aromatic rings. The third kappa shape index (κ3) is 77.0. The number of unbranched alkanes of at least 4 members (excludes halogenated alkanes) is 48. The Kier molecular flexibility index (Phi) is 82.2. The molecule has 1 rings (SSSR count). The predicted molar refractivity (Wildman–Crippen MR) is 486 cm³/mol. The first kappa shape index (κ1) is 110. The summed E-state index contributed by atoms with van der Waals surface area (Å²) >= 11 is 0. The summed E-state index contributed by atoms with van der Waals surface area (Å²) in [4.78, 5) is 87.2. The van der Waals surface area contributed by atoms with Crippen molar-refractivity contribution in [1.82, 2.24) is 19.6 Å². The molecule has 0 radical (unpaired) electrons. The smallest absolute Gasteiger partial charge is 0.307 e. The standard InChI is InChI=1S/C100H184N4O12/c1-7-11-15-19-23-27-31-35-39-43-47-51-55-59-63-67-85-111-95(105)71-77-101(78-72-96(106)112-86-68-64-60-56-52-48-44-40-36-32-28-24-20-16-12-8-2)81-75-99(109)115-89-83-103-91-94(6)104(92-93(103)5)84-90-116-100(110)76-82-102(79-73-97(107)113-87-69-65-61-57-53-49-45-41-37-33-29-25-21-17-13-9-3)80-74-98(108)114-88-70-66-62-58-54-50-46-42-38-34-30-26-22-18-14-10-4/h35-42,93-94H,7-34,43-92H2,1-6H3/b39-35-,40-36-,41-37-,42-38-. The summed E-state index contributed by atoms with van der Waals surface area (Å²) in [5.74, 6) is -1.70. The fourth-order valence-electron chi connectivity index (χ4n) is 15.2. The molecule has 0 spiro atoms. The van der Waals surface area contributed by atoms with E-state index in [1.54, 1.807) is 0 Å². The number of rotatable bonds is 88. The Morgan fingerprint density at radius 1 is 0.233 bits per heavy atom. The highest BCUT2D eigenvalue weighted by atomic mass is 16.6. The van der Waals surface area contributed by atoms with Crippen LogP contribution in [0.25, 0.3) is 0 Å². The van der Waals surface area contributed by atoms with Crippen LogP contribution < -0.4 is 0 Å². The van der Waals surface area contributed by atoms with Crippen LogP contribution in [-0.2, 0) is 57.2 Å². The molecule has 0 N–H and O–H groups in total. The highest BCUT2D eigenvalue weighted by molar-refractivity contribution is 5.72. The summed E-state index contributed by atoms with van der Waals surface area (Å²) in [6, 6.07) is 0.343. The molecule has 1 aliphatic rings. The average molecular weight is 1630 g/mol.